The molecule has 0 radical (unpaired) electrons. The standard InChI is InChI=1S/C25H23Cl4N3O5S2/c26-18-4-10-24(23(29)13-18)31-39(36,37)20-7-5-19(6-8-20)30-25(33)17-2-1-11-32(14-17)38(34,35)15-16-3-9-21(27)22(28)12-16/h3-10,12-13,17,31H,1-2,11,14-15H2,(H,30,33). The van der Waals surface area contributed by atoms with Crippen molar-refractivity contribution in [2.45, 2.75) is 23.5 Å². The number of anilines is 2. The van der Waals surface area contributed by atoms with Crippen LogP contribution in [0.15, 0.2) is 65.6 Å². The molecule has 39 heavy (non-hydrogen) atoms. The molecule has 4 rings (SSSR count). The third kappa shape index (κ3) is 7.58. The van der Waals surface area contributed by atoms with Gasteiger partial charge in [-0.15, -0.1) is 0 Å². The molecule has 1 atom stereocenters. The molecule has 0 saturated carbocycles. The van der Waals surface area contributed by atoms with Gasteiger partial charge in [-0.2, -0.15) is 0 Å². The minimum Gasteiger partial charge on any atom is -0.326 e. The number of piperidine rings is 1. The first-order valence-corrected chi connectivity index (χ1v) is 16.2. The van der Waals surface area contributed by atoms with Gasteiger partial charge in [-0.1, -0.05) is 52.5 Å². The summed E-state index contributed by atoms with van der Waals surface area (Å²) in [6.45, 7) is 0.346. The number of benzene rings is 3. The fourth-order valence-corrected chi connectivity index (χ4v) is 7.59. The number of amides is 1. The second kappa shape index (κ2) is 12.2. The van der Waals surface area contributed by atoms with Gasteiger partial charge >= 0.3 is 0 Å². The monoisotopic (exact) mass is 649 g/mol. The van der Waals surface area contributed by atoms with E-state index in [1.165, 1.54) is 52.8 Å². The Kier molecular flexibility index (Phi) is 9.37. The molecule has 14 heteroatoms. The minimum absolute atomic E-state index is 0.0354. The molecule has 2 N–H and O–H groups in total. The summed E-state index contributed by atoms with van der Waals surface area (Å²) in [7, 11) is -7.65. The van der Waals surface area contributed by atoms with Crippen LogP contribution in [0, 0.1) is 5.92 Å². The highest BCUT2D eigenvalue weighted by atomic mass is 35.5. The summed E-state index contributed by atoms with van der Waals surface area (Å²) < 4.78 is 55.2. The third-order valence-electron chi connectivity index (χ3n) is 6.09. The number of sulfonamides is 2. The largest absolute Gasteiger partial charge is 0.326 e. The fourth-order valence-electron chi connectivity index (χ4n) is 4.08. The van der Waals surface area contributed by atoms with E-state index >= 15 is 0 Å². The fraction of sp³-hybridized carbons (Fsp3) is 0.240. The van der Waals surface area contributed by atoms with Crippen molar-refractivity contribution in [3.8, 4) is 0 Å². The molecule has 1 fully saturated rings. The van der Waals surface area contributed by atoms with Crippen molar-refractivity contribution in [2.75, 3.05) is 23.1 Å². The zero-order valence-electron chi connectivity index (χ0n) is 20.2. The molecule has 0 spiro atoms. The summed E-state index contributed by atoms with van der Waals surface area (Å²) in [6.07, 6.45) is 1.04. The summed E-state index contributed by atoms with van der Waals surface area (Å²) in [5.74, 6) is -1.19. The lowest BCUT2D eigenvalue weighted by Gasteiger charge is -2.31. The molecule has 1 aliphatic rings. The Morgan fingerprint density at radius 3 is 2.26 bits per heavy atom. The number of carbonyl (C=O) groups excluding carboxylic acids is 1. The molecule has 3 aromatic rings. The molecule has 1 amide bonds. The maximum Gasteiger partial charge on any atom is 0.261 e. The molecule has 1 saturated heterocycles. The van der Waals surface area contributed by atoms with E-state index in [1.54, 1.807) is 12.1 Å². The first kappa shape index (κ1) is 29.9. The van der Waals surface area contributed by atoms with Gasteiger partial charge in [0.15, 0.2) is 0 Å². The van der Waals surface area contributed by atoms with Crippen LogP contribution in [0.2, 0.25) is 20.1 Å². The van der Waals surface area contributed by atoms with Crippen molar-refractivity contribution < 1.29 is 21.6 Å². The van der Waals surface area contributed by atoms with Crippen molar-refractivity contribution in [3.05, 3.63) is 86.3 Å². The van der Waals surface area contributed by atoms with Crippen LogP contribution in [0.1, 0.15) is 18.4 Å². The average molecular weight is 651 g/mol. The number of nitrogens with one attached hydrogen (secondary N) is 2. The summed E-state index contributed by atoms with van der Waals surface area (Å²) >= 11 is 23.8. The Bertz CT molecular complexity index is 1600. The number of rotatable bonds is 8. The molecule has 0 aliphatic carbocycles. The van der Waals surface area contributed by atoms with Crippen LogP contribution in [-0.2, 0) is 30.6 Å². The predicted octanol–water partition coefficient (Wildman–Crippen LogP) is 6.28. The lowest BCUT2D eigenvalue weighted by Crippen LogP contribution is -2.44. The van der Waals surface area contributed by atoms with Crippen LogP contribution in [0.5, 0.6) is 0 Å². The minimum atomic E-state index is -3.95. The Morgan fingerprint density at radius 2 is 1.59 bits per heavy atom. The van der Waals surface area contributed by atoms with Crippen LogP contribution in [0.25, 0.3) is 0 Å². The van der Waals surface area contributed by atoms with Gasteiger partial charge in [-0.25, -0.2) is 21.1 Å². The Hall–Kier alpha value is -2.05. The number of halogens is 4. The molecule has 208 valence electrons. The highest BCUT2D eigenvalue weighted by molar-refractivity contribution is 7.92. The topological polar surface area (TPSA) is 113 Å². The van der Waals surface area contributed by atoms with Gasteiger partial charge in [0.2, 0.25) is 15.9 Å². The quantitative estimate of drug-likeness (QED) is 0.298. The highest BCUT2D eigenvalue weighted by Gasteiger charge is 2.32. The van der Waals surface area contributed by atoms with E-state index in [4.69, 9.17) is 46.4 Å². The van der Waals surface area contributed by atoms with Crippen molar-refractivity contribution in [3.63, 3.8) is 0 Å². The maximum atomic E-state index is 13.0. The Labute approximate surface area is 247 Å². The predicted molar refractivity (Wildman–Crippen MR) is 156 cm³/mol. The molecule has 0 aromatic heterocycles. The summed E-state index contributed by atoms with van der Waals surface area (Å²) in [4.78, 5) is 12.9. The van der Waals surface area contributed by atoms with Gasteiger partial charge in [0, 0.05) is 23.8 Å². The molecular formula is C25H23Cl4N3O5S2. The molecule has 8 nitrogen and oxygen atoms in total. The van der Waals surface area contributed by atoms with Crippen LogP contribution in [0.4, 0.5) is 11.4 Å². The lowest BCUT2D eigenvalue weighted by molar-refractivity contribution is -0.120. The third-order valence-corrected chi connectivity index (χ3v) is 10.6. The number of carbonyl (C=O) groups is 1. The zero-order chi connectivity index (χ0) is 28.4. The first-order chi connectivity index (χ1) is 18.3. The van der Waals surface area contributed by atoms with E-state index in [9.17, 15) is 21.6 Å². The molecular weight excluding hydrogens is 628 g/mol. The van der Waals surface area contributed by atoms with Gasteiger partial charge in [0.1, 0.15) is 0 Å². The van der Waals surface area contributed by atoms with Crippen LogP contribution in [0.3, 0.4) is 0 Å². The van der Waals surface area contributed by atoms with Gasteiger partial charge in [0.05, 0.1) is 37.3 Å². The van der Waals surface area contributed by atoms with E-state index in [0.717, 1.165) is 0 Å². The molecule has 3 aromatic carbocycles. The zero-order valence-corrected chi connectivity index (χ0v) is 24.9. The van der Waals surface area contributed by atoms with Crippen LogP contribution >= 0.6 is 46.4 Å². The normalized spacial score (nSPS) is 16.6. The highest BCUT2D eigenvalue weighted by Crippen LogP contribution is 2.29. The maximum absolute atomic E-state index is 13.0. The first-order valence-electron chi connectivity index (χ1n) is 11.6. The summed E-state index contributed by atoms with van der Waals surface area (Å²) in [5.41, 5.74) is 1.05. The van der Waals surface area contributed by atoms with Gasteiger partial charge in [-0.3, -0.25) is 9.52 Å². The van der Waals surface area contributed by atoms with E-state index in [1.807, 2.05) is 0 Å². The lowest BCUT2D eigenvalue weighted by atomic mass is 9.99. The van der Waals surface area contributed by atoms with Crippen LogP contribution in [-0.4, -0.2) is 40.1 Å². The van der Waals surface area contributed by atoms with Gasteiger partial charge in [0.25, 0.3) is 10.0 Å². The van der Waals surface area contributed by atoms with E-state index < -0.39 is 26.0 Å². The van der Waals surface area contributed by atoms with Crippen molar-refractivity contribution in [1.82, 2.24) is 4.31 Å². The van der Waals surface area contributed by atoms with Crippen molar-refractivity contribution >= 4 is 83.7 Å². The Balaban J connectivity index is 1.39. The number of hydrogen-bond donors (Lipinski definition) is 2. The molecule has 1 heterocycles. The van der Waals surface area contributed by atoms with Crippen molar-refractivity contribution in [2.24, 2.45) is 5.92 Å². The summed E-state index contributed by atoms with van der Waals surface area (Å²) in [5, 5.41) is 3.87. The smallest absolute Gasteiger partial charge is 0.261 e. The Morgan fingerprint density at radius 1 is 0.872 bits per heavy atom. The number of hydrogen-bond acceptors (Lipinski definition) is 5. The van der Waals surface area contributed by atoms with Crippen molar-refractivity contribution in [1.29, 1.82) is 0 Å². The van der Waals surface area contributed by atoms with Gasteiger partial charge in [-0.05, 0) is 73.0 Å². The second-order valence-corrected chi connectivity index (χ2v) is 14.3. The summed E-state index contributed by atoms with van der Waals surface area (Å²) in [6, 6.07) is 14.6. The molecule has 1 aliphatic heterocycles. The number of nitrogens with zero attached hydrogens (tertiary/aromatic N) is 1. The van der Waals surface area contributed by atoms with Crippen LogP contribution < -0.4 is 10.0 Å². The SMILES string of the molecule is O=C(Nc1ccc(S(=O)(=O)Nc2ccc(Cl)cc2Cl)cc1)C1CCCN(S(=O)(=O)Cc2ccc(Cl)c(Cl)c2)C1. The molecule has 1 unspecified atom stereocenters. The average Bonchev–Trinajstić information content (AvgIpc) is 2.88. The molecule has 0 bridgehead atoms. The van der Waals surface area contributed by atoms with Gasteiger partial charge < -0.3 is 5.32 Å². The van der Waals surface area contributed by atoms with E-state index in [-0.39, 0.29) is 38.8 Å². The van der Waals surface area contributed by atoms with E-state index in [2.05, 4.69) is 10.0 Å². The van der Waals surface area contributed by atoms with E-state index in [0.29, 0.717) is 40.7 Å². The second-order valence-electron chi connectivity index (χ2n) is 8.95.